The van der Waals surface area contributed by atoms with Gasteiger partial charge in [-0.2, -0.15) is 0 Å². The average Bonchev–Trinajstić information content (AvgIpc) is 2.53. The third-order valence-electron chi connectivity index (χ3n) is 4.27. The summed E-state index contributed by atoms with van der Waals surface area (Å²) < 4.78 is 6.58. The second kappa shape index (κ2) is 7.83. The number of amides is 1. The van der Waals surface area contributed by atoms with E-state index in [1.54, 1.807) is 0 Å². The van der Waals surface area contributed by atoms with Crippen molar-refractivity contribution in [3.05, 3.63) is 28.2 Å². The van der Waals surface area contributed by atoms with E-state index in [1.807, 2.05) is 30.1 Å². The lowest BCUT2D eigenvalue weighted by molar-refractivity contribution is -0.134. The second-order valence-corrected chi connectivity index (χ2v) is 6.56. The molecular formula is C17H24BrNO2. The lowest BCUT2D eigenvalue weighted by Crippen LogP contribution is -2.40. The van der Waals surface area contributed by atoms with E-state index >= 15 is 0 Å². The van der Waals surface area contributed by atoms with Gasteiger partial charge in [-0.05, 0) is 52.9 Å². The predicted molar refractivity (Wildman–Crippen MR) is 88.7 cm³/mol. The van der Waals surface area contributed by atoms with E-state index in [1.165, 1.54) is 24.8 Å². The zero-order valence-corrected chi connectivity index (χ0v) is 14.5. The van der Waals surface area contributed by atoms with Crippen molar-refractivity contribution >= 4 is 21.8 Å². The first kappa shape index (κ1) is 16.3. The number of rotatable bonds is 5. The number of likely N-dealkylation sites (N-methyl/N-ethyl adjacent to an activating group) is 1. The highest BCUT2D eigenvalue weighted by Crippen LogP contribution is 2.26. The van der Waals surface area contributed by atoms with Crippen molar-refractivity contribution in [1.82, 2.24) is 4.90 Å². The molecule has 2 rings (SSSR count). The van der Waals surface area contributed by atoms with Crippen LogP contribution in [0.1, 0.15) is 44.6 Å². The summed E-state index contributed by atoms with van der Waals surface area (Å²) in [6, 6.07) is 6.40. The molecule has 0 aliphatic heterocycles. The van der Waals surface area contributed by atoms with Crippen LogP contribution in [-0.2, 0) is 11.2 Å². The first-order chi connectivity index (χ1) is 10.1. The maximum Gasteiger partial charge on any atom is 0.260 e. The van der Waals surface area contributed by atoms with E-state index in [0.29, 0.717) is 6.04 Å². The largest absolute Gasteiger partial charge is 0.483 e. The first-order valence-electron chi connectivity index (χ1n) is 7.78. The summed E-state index contributed by atoms with van der Waals surface area (Å²) in [5, 5.41) is 0. The van der Waals surface area contributed by atoms with Gasteiger partial charge >= 0.3 is 0 Å². The minimum absolute atomic E-state index is 0.0633. The van der Waals surface area contributed by atoms with E-state index in [0.717, 1.165) is 29.5 Å². The van der Waals surface area contributed by atoms with Gasteiger partial charge in [0.05, 0.1) is 4.47 Å². The fraction of sp³-hybridized carbons (Fsp3) is 0.588. The number of carbonyl (C=O) groups excluding carboxylic acids is 1. The molecule has 0 radical (unpaired) electrons. The third-order valence-corrected chi connectivity index (χ3v) is 4.89. The van der Waals surface area contributed by atoms with Crippen LogP contribution < -0.4 is 4.74 Å². The summed E-state index contributed by atoms with van der Waals surface area (Å²) in [7, 11) is 1.90. The molecule has 0 heterocycles. The van der Waals surface area contributed by atoms with Crippen LogP contribution >= 0.6 is 15.9 Å². The Labute approximate surface area is 135 Å². The van der Waals surface area contributed by atoms with Crippen LogP contribution in [0.3, 0.4) is 0 Å². The lowest BCUT2D eigenvalue weighted by atomic mass is 9.94. The van der Waals surface area contributed by atoms with Crippen molar-refractivity contribution in [1.29, 1.82) is 0 Å². The number of aryl methyl sites for hydroxylation is 1. The SMILES string of the molecule is CCc1ccc(OCC(=O)N(C)C2CCCCC2)c(Br)c1. The van der Waals surface area contributed by atoms with E-state index in [-0.39, 0.29) is 12.5 Å². The van der Waals surface area contributed by atoms with Crippen LogP contribution in [0.4, 0.5) is 0 Å². The normalized spacial score (nSPS) is 15.8. The Kier molecular flexibility index (Phi) is 6.09. The lowest BCUT2D eigenvalue weighted by Gasteiger charge is -2.31. The Bertz CT molecular complexity index is 484. The highest BCUT2D eigenvalue weighted by Gasteiger charge is 2.22. The van der Waals surface area contributed by atoms with Crippen LogP contribution in [0.5, 0.6) is 5.75 Å². The van der Waals surface area contributed by atoms with Crippen molar-refractivity contribution in [2.24, 2.45) is 0 Å². The van der Waals surface area contributed by atoms with Crippen LogP contribution in [0, 0.1) is 0 Å². The molecule has 0 unspecified atom stereocenters. The van der Waals surface area contributed by atoms with Gasteiger partial charge in [0.15, 0.2) is 6.61 Å². The zero-order chi connectivity index (χ0) is 15.2. The van der Waals surface area contributed by atoms with Gasteiger partial charge < -0.3 is 9.64 Å². The fourth-order valence-corrected chi connectivity index (χ4v) is 3.34. The van der Waals surface area contributed by atoms with Crippen molar-refractivity contribution in [2.45, 2.75) is 51.5 Å². The Hall–Kier alpha value is -1.03. The number of benzene rings is 1. The zero-order valence-electron chi connectivity index (χ0n) is 12.9. The smallest absolute Gasteiger partial charge is 0.260 e. The van der Waals surface area contributed by atoms with Gasteiger partial charge in [-0.1, -0.05) is 32.3 Å². The summed E-state index contributed by atoms with van der Waals surface area (Å²) in [4.78, 5) is 14.1. The van der Waals surface area contributed by atoms with Crippen molar-refractivity contribution < 1.29 is 9.53 Å². The minimum Gasteiger partial charge on any atom is -0.483 e. The van der Waals surface area contributed by atoms with E-state index < -0.39 is 0 Å². The van der Waals surface area contributed by atoms with E-state index in [9.17, 15) is 4.79 Å². The topological polar surface area (TPSA) is 29.5 Å². The Balaban J connectivity index is 1.88. The maximum atomic E-state index is 12.2. The van der Waals surface area contributed by atoms with E-state index in [4.69, 9.17) is 4.74 Å². The Morgan fingerprint density at radius 1 is 1.33 bits per heavy atom. The number of carbonyl (C=O) groups is 1. The molecule has 116 valence electrons. The molecule has 1 aliphatic carbocycles. The monoisotopic (exact) mass is 353 g/mol. The second-order valence-electron chi connectivity index (χ2n) is 5.70. The average molecular weight is 354 g/mol. The molecule has 3 nitrogen and oxygen atoms in total. The molecule has 0 atom stereocenters. The summed E-state index contributed by atoms with van der Waals surface area (Å²) in [5.41, 5.74) is 1.25. The minimum atomic E-state index is 0.0633. The molecule has 21 heavy (non-hydrogen) atoms. The van der Waals surface area contributed by atoms with Crippen molar-refractivity contribution in [2.75, 3.05) is 13.7 Å². The van der Waals surface area contributed by atoms with Gasteiger partial charge in [-0.3, -0.25) is 4.79 Å². The first-order valence-corrected chi connectivity index (χ1v) is 8.58. The van der Waals surface area contributed by atoms with Gasteiger partial charge in [-0.15, -0.1) is 0 Å². The van der Waals surface area contributed by atoms with Gasteiger partial charge in [0.2, 0.25) is 0 Å². The van der Waals surface area contributed by atoms with Crippen LogP contribution in [-0.4, -0.2) is 30.5 Å². The van der Waals surface area contributed by atoms with Crippen LogP contribution in [0.15, 0.2) is 22.7 Å². The van der Waals surface area contributed by atoms with E-state index in [2.05, 4.69) is 22.9 Å². The number of hydrogen-bond donors (Lipinski definition) is 0. The number of ether oxygens (including phenoxy) is 1. The van der Waals surface area contributed by atoms with Crippen molar-refractivity contribution in [3.8, 4) is 5.75 Å². The summed E-state index contributed by atoms with van der Waals surface area (Å²) in [5.74, 6) is 0.797. The molecule has 1 aromatic rings. The number of hydrogen-bond acceptors (Lipinski definition) is 2. The van der Waals surface area contributed by atoms with Gasteiger partial charge in [0.25, 0.3) is 5.91 Å². The number of nitrogens with zero attached hydrogens (tertiary/aromatic N) is 1. The Morgan fingerprint density at radius 3 is 2.67 bits per heavy atom. The summed E-state index contributed by atoms with van der Waals surface area (Å²) in [6.45, 7) is 2.22. The number of halogens is 1. The molecule has 1 aliphatic rings. The molecule has 4 heteroatoms. The molecule has 0 N–H and O–H groups in total. The predicted octanol–water partition coefficient (Wildman–Crippen LogP) is 4.18. The highest BCUT2D eigenvalue weighted by atomic mass is 79.9. The third kappa shape index (κ3) is 4.47. The quantitative estimate of drug-likeness (QED) is 0.794. The van der Waals surface area contributed by atoms with Gasteiger partial charge in [-0.25, -0.2) is 0 Å². The van der Waals surface area contributed by atoms with Gasteiger partial charge in [0.1, 0.15) is 5.75 Å². The molecule has 1 fully saturated rings. The molecule has 0 bridgehead atoms. The highest BCUT2D eigenvalue weighted by molar-refractivity contribution is 9.10. The molecule has 0 spiro atoms. The fourth-order valence-electron chi connectivity index (χ4n) is 2.79. The standard InChI is InChI=1S/C17H24BrNO2/c1-3-13-9-10-16(15(18)11-13)21-12-17(20)19(2)14-7-5-4-6-8-14/h9-11,14H,3-8,12H2,1-2H3. The molecule has 0 aromatic heterocycles. The van der Waals surface area contributed by atoms with Crippen LogP contribution in [0.2, 0.25) is 0 Å². The maximum absolute atomic E-state index is 12.2. The summed E-state index contributed by atoms with van der Waals surface area (Å²) >= 11 is 3.50. The van der Waals surface area contributed by atoms with Gasteiger partial charge in [0, 0.05) is 13.1 Å². The molecule has 1 aromatic carbocycles. The molecular weight excluding hydrogens is 330 g/mol. The molecule has 0 saturated heterocycles. The molecule has 1 saturated carbocycles. The Morgan fingerprint density at radius 2 is 2.05 bits per heavy atom. The molecule has 1 amide bonds. The van der Waals surface area contributed by atoms with Crippen molar-refractivity contribution in [3.63, 3.8) is 0 Å². The van der Waals surface area contributed by atoms with Crippen LogP contribution in [0.25, 0.3) is 0 Å². The summed E-state index contributed by atoms with van der Waals surface area (Å²) in [6.07, 6.45) is 6.99.